The zero-order valence-corrected chi connectivity index (χ0v) is 21.2. The highest BCUT2D eigenvalue weighted by Gasteiger charge is 2.52. The lowest BCUT2D eigenvalue weighted by Gasteiger charge is -2.47. The summed E-state index contributed by atoms with van der Waals surface area (Å²) in [5.74, 6) is -1.91. The van der Waals surface area contributed by atoms with Gasteiger partial charge < -0.3 is 39.7 Å². The Bertz CT molecular complexity index is 1740. The number of phenols is 4. The van der Waals surface area contributed by atoms with Crippen LogP contribution in [0.1, 0.15) is 46.3 Å². The van der Waals surface area contributed by atoms with Crippen LogP contribution in [0.3, 0.4) is 0 Å². The summed E-state index contributed by atoms with van der Waals surface area (Å²) in [5.41, 5.74) is 2.25. The van der Waals surface area contributed by atoms with Crippen LogP contribution in [0.4, 0.5) is 5.69 Å². The molecular formula is C30H23NO10. The van der Waals surface area contributed by atoms with Crippen LogP contribution in [-0.2, 0) is 12.2 Å². The Hall–Kier alpha value is -5.16. The fraction of sp³-hybridized carbons (Fsp3) is 0.200. The van der Waals surface area contributed by atoms with Crippen molar-refractivity contribution >= 4 is 5.69 Å². The van der Waals surface area contributed by atoms with E-state index in [2.05, 4.69) is 0 Å². The van der Waals surface area contributed by atoms with Gasteiger partial charge in [-0.15, -0.1) is 0 Å². The molecule has 4 aromatic rings. The first kappa shape index (κ1) is 24.9. The van der Waals surface area contributed by atoms with Gasteiger partial charge in [-0.2, -0.15) is 0 Å². The number of phenolic OH excluding ortho intramolecular Hbond substituents is 4. The summed E-state index contributed by atoms with van der Waals surface area (Å²) in [6, 6.07) is 16.1. The third-order valence-electron chi connectivity index (χ3n) is 7.95. The summed E-state index contributed by atoms with van der Waals surface area (Å²) < 4.78 is 19.2. The van der Waals surface area contributed by atoms with Gasteiger partial charge in [-0.05, 0) is 48.0 Å². The SMILES string of the molecule is O=[N+]([O-])c1ccc2c(c1)[C@H]1C[C@@](c3ccc(O)cc3)(O2)Oc2cc(O)c3c(c21)O[C@H](c1ccc(O)c(O)c1)[C@@H](O)C3. The Morgan fingerprint density at radius 1 is 0.854 bits per heavy atom. The minimum atomic E-state index is -1.38. The number of benzene rings is 4. The van der Waals surface area contributed by atoms with Crippen LogP contribution in [0.15, 0.2) is 66.7 Å². The lowest BCUT2D eigenvalue weighted by molar-refractivity contribution is -0.385. The first-order valence-electron chi connectivity index (χ1n) is 12.8. The van der Waals surface area contributed by atoms with Crippen LogP contribution in [0.5, 0.6) is 40.2 Å². The molecule has 0 aromatic heterocycles. The number of fused-ring (bicyclic) bond motifs is 8. The van der Waals surface area contributed by atoms with Crippen molar-refractivity contribution in [3.05, 3.63) is 105 Å². The van der Waals surface area contributed by atoms with Gasteiger partial charge in [0.2, 0.25) is 0 Å². The fourth-order valence-electron chi connectivity index (χ4n) is 6.02. The zero-order valence-electron chi connectivity index (χ0n) is 21.2. The molecule has 2 bridgehead atoms. The first-order chi connectivity index (χ1) is 19.6. The summed E-state index contributed by atoms with van der Waals surface area (Å²) in [6.07, 6.45) is -1.87. The second-order valence-corrected chi connectivity index (χ2v) is 10.4. The number of ether oxygens (including phenoxy) is 3. The van der Waals surface area contributed by atoms with E-state index < -0.39 is 28.8 Å². The molecule has 0 spiro atoms. The summed E-state index contributed by atoms with van der Waals surface area (Å²) in [7, 11) is 0. The Balaban J connectivity index is 1.43. The van der Waals surface area contributed by atoms with E-state index in [1.54, 1.807) is 12.1 Å². The van der Waals surface area contributed by atoms with E-state index in [4.69, 9.17) is 14.2 Å². The molecular weight excluding hydrogens is 534 g/mol. The van der Waals surface area contributed by atoms with Gasteiger partial charge in [0.25, 0.3) is 11.5 Å². The largest absolute Gasteiger partial charge is 0.508 e. The number of nitro benzene ring substituents is 1. The molecule has 4 aromatic carbocycles. The van der Waals surface area contributed by atoms with Gasteiger partial charge >= 0.3 is 0 Å². The van der Waals surface area contributed by atoms with Crippen molar-refractivity contribution in [3.63, 3.8) is 0 Å². The Kier molecular flexibility index (Phi) is 5.25. The van der Waals surface area contributed by atoms with Crippen molar-refractivity contribution in [2.45, 2.75) is 36.8 Å². The van der Waals surface area contributed by atoms with Crippen LogP contribution < -0.4 is 14.2 Å². The second-order valence-electron chi connectivity index (χ2n) is 10.4. The summed E-state index contributed by atoms with van der Waals surface area (Å²) in [6.45, 7) is 0. The molecule has 0 saturated heterocycles. The average molecular weight is 558 g/mol. The van der Waals surface area contributed by atoms with E-state index in [1.807, 2.05) is 0 Å². The van der Waals surface area contributed by atoms with Gasteiger partial charge in [-0.1, -0.05) is 6.07 Å². The maximum absolute atomic E-state index is 11.7. The van der Waals surface area contributed by atoms with Crippen LogP contribution in [0, 0.1) is 10.1 Å². The molecule has 0 radical (unpaired) electrons. The quantitative estimate of drug-likeness (QED) is 0.136. The van der Waals surface area contributed by atoms with Crippen LogP contribution in [0.2, 0.25) is 0 Å². The number of hydrogen-bond donors (Lipinski definition) is 5. The number of nitrogens with zero attached hydrogens (tertiary/aromatic N) is 1. The van der Waals surface area contributed by atoms with E-state index >= 15 is 0 Å². The fourth-order valence-corrected chi connectivity index (χ4v) is 6.02. The van der Waals surface area contributed by atoms with Crippen molar-refractivity contribution in [2.24, 2.45) is 0 Å². The van der Waals surface area contributed by atoms with Crippen molar-refractivity contribution in [1.29, 1.82) is 0 Å². The standard InChI is InChI=1S/C30H23NO10/c32-17-5-2-15(3-6-17)30-13-20(18-10-16(31(37)38)4-8-25(18)40-30)27-26(41-30)12-22(34)19-11-24(36)28(39-29(19)27)14-1-7-21(33)23(35)9-14/h1-10,12,20,24,28,32-36H,11,13H2/t20-,24+,28-,30-/m1/s1. The van der Waals surface area contributed by atoms with Crippen LogP contribution >= 0.6 is 0 Å². The highest BCUT2D eigenvalue weighted by Crippen LogP contribution is 2.60. The van der Waals surface area contributed by atoms with Crippen LogP contribution in [0.25, 0.3) is 0 Å². The Morgan fingerprint density at radius 3 is 2.34 bits per heavy atom. The van der Waals surface area contributed by atoms with Crippen molar-refractivity contribution in [1.82, 2.24) is 0 Å². The highest BCUT2D eigenvalue weighted by atomic mass is 16.7. The molecule has 3 aliphatic heterocycles. The molecule has 0 fully saturated rings. The van der Waals surface area contributed by atoms with E-state index in [9.17, 15) is 35.6 Å². The smallest absolute Gasteiger partial charge is 0.278 e. The van der Waals surface area contributed by atoms with E-state index in [0.29, 0.717) is 33.6 Å². The summed E-state index contributed by atoms with van der Waals surface area (Å²) in [5, 5.41) is 63.4. The topological polar surface area (TPSA) is 172 Å². The third kappa shape index (κ3) is 3.77. The van der Waals surface area contributed by atoms with Crippen molar-refractivity contribution in [3.8, 4) is 40.2 Å². The predicted octanol–water partition coefficient (Wildman–Crippen LogP) is 4.61. The van der Waals surface area contributed by atoms with E-state index in [1.165, 1.54) is 54.6 Å². The van der Waals surface area contributed by atoms with Gasteiger partial charge in [0.05, 0.1) is 11.0 Å². The molecule has 0 unspecified atom stereocenters. The molecule has 5 N–H and O–H groups in total. The number of hydrogen-bond acceptors (Lipinski definition) is 10. The average Bonchev–Trinajstić information content (AvgIpc) is 2.94. The summed E-state index contributed by atoms with van der Waals surface area (Å²) in [4.78, 5) is 11.2. The molecule has 11 heteroatoms. The first-order valence-corrected chi connectivity index (χ1v) is 12.8. The Labute approximate surface area is 232 Å². The molecule has 3 heterocycles. The number of rotatable bonds is 3. The highest BCUT2D eigenvalue weighted by molar-refractivity contribution is 5.65. The minimum Gasteiger partial charge on any atom is -0.508 e. The molecule has 41 heavy (non-hydrogen) atoms. The van der Waals surface area contributed by atoms with Crippen molar-refractivity contribution < 1.29 is 44.7 Å². The summed E-state index contributed by atoms with van der Waals surface area (Å²) >= 11 is 0. The minimum absolute atomic E-state index is 0.00880. The second kappa shape index (κ2) is 8.67. The third-order valence-corrected chi connectivity index (χ3v) is 7.95. The van der Waals surface area contributed by atoms with Crippen molar-refractivity contribution in [2.75, 3.05) is 0 Å². The molecule has 208 valence electrons. The normalized spacial score (nSPS) is 23.6. The molecule has 0 saturated carbocycles. The number of nitro groups is 1. The van der Waals surface area contributed by atoms with Gasteiger partial charge in [0.15, 0.2) is 11.5 Å². The molecule has 0 amide bonds. The van der Waals surface area contributed by atoms with Gasteiger partial charge in [0, 0.05) is 59.2 Å². The molecule has 11 nitrogen and oxygen atoms in total. The van der Waals surface area contributed by atoms with Gasteiger partial charge in [-0.3, -0.25) is 10.1 Å². The van der Waals surface area contributed by atoms with E-state index in [-0.39, 0.29) is 53.0 Å². The lowest BCUT2D eigenvalue weighted by atomic mass is 9.76. The Morgan fingerprint density at radius 2 is 1.61 bits per heavy atom. The number of aliphatic hydroxyl groups excluding tert-OH is 1. The van der Waals surface area contributed by atoms with Crippen LogP contribution in [-0.4, -0.2) is 36.6 Å². The number of aromatic hydroxyl groups is 4. The molecule has 4 atom stereocenters. The molecule has 7 rings (SSSR count). The molecule has 3 aliphatic rings. The van der Waals surface area contributed by atoms with E-state index in [0.717, 1.165) is 0 Å². The lowest BCUT2D eigenvalue weighted by Crippen LogP contribution is -2.47. The van der Waals surface area contributed by atoms with Gasteiger partial charge in [-0.25, -0.2) is 0 Å². The maximum Gasteiger partial charge on any atom is 0.278 e. The number of aliphatic hydroxyl groups is 1. The monoisotopic (exact) mass is 557 g/mol. The number of non-ortho nitro benzene ring substituents is 1. The maximum atomic E-state index is 11.7. The molecule has 0 aliphatic carbocycles. The van der Waals surface area contributed by atoms with Gasteiger partial charge in [0.1, 0.15) is 34.9 Å². The zero-order chi connectivity index (χ0) is 28.6. The predicted molar refractivity (Wildman–Crippen MR) is 142 cm³/mol.